The zero-order valence-corrected chi connectivity index (χ0v) is 25.0. The van der Waals surface area contributed by atoms with Crippen LogP contribution in [-0.2, 0) is 19.1 Å². The summed E-state index contributed by atoms with van der Waals surface area (Å²) in [5.41, 5.74) is 2.07. The largest absolute Gasteiger partial charge is 0.459 e. The summed E-state index contributed by atoms with van der Waals surface area (Å²) in [4.78, 5) is 68.8. The predicted octanol–water partition coefficient (Wildman–Crippen LogP) is 4.02. The van der Waals surface area contributed by atoms with Gasteiger partial charge in [0.25, 0.3) is 11.8 Å². The molecule has 2 aromatic heterocycles. The lowest BCUT2D eigenvalue weighted by molar-refractivity contribution is -0.136. The van der Waals surface area contributed by atoms with Crippen molar-refractivity contribution < 1.29 is 33.1 Å². The quantitative estimate of drug-likeness (QED) is 0.135. The maximum absolute atomic E-state index is 13.3. The van der Waals surface area contributed by atoms with E-state index in [9.17, 15) is 24.0 Å². The minimum atomic E-state index is -0.999. The molecule has 2 N–H and O–H groups in total. The van der Waals surface area contributed by atoms with Gasteiger partial charge >= 0.3 is 0 Å². The summed E-state index contributed by atoms with van der Waals surface area (Å²) in [6.45, 7) is 0.243. The first-order valence-corrected chi connectivity index (χ1v) is 15.6. The molecule has 2 unspecified atom stereocenters. The number of benzene rings is 2. The summed E-state index contributed by atoms with van der Waals surface area (Å²) >= 11 is 1.45. The molecule has 2 aliphatic heterocycles. The number of fused-ring (bicyclic) bond motifs is 2. The van der Waals surface area contributed by atoms with E-state index in [0.717, 1.165) is 27.9 Å². The van der Waals surface area contributed by atoms with E-state index in [-0.39, 0.29) is 36.5 Å². The minimum absolute atomic E-state index is 0.0710. The van der Waals surface area contributed by atoms with Gasteiger partial charge in [-0.25, -0.2) is 0 Å². The highest BCUT2D eigenvalue weighted by Gasteiger charge is 2.45. The lowest BCUT2D eigenvalue weighted by Gasteiger charge is -2.27. The summed E-state index contributed by atoms with van der Waals surface area (Å²) in [6.07, 6.45) is 4.96. The van der Waals surface area contributed by atoms with E-state index < -0.39 is 35.7 Å². The average Bonchev–Trinajstić information content (AvgIpc) is 3.58. The van der Waals surface area contributed by atoms with Crippen molar-refractivity contribution in [2.45, 2.75) is 42.7 Å². The third-order valence-corrected chi connectivity index (χ3v) is 8.80. The normalized spacial score (nSPS) is 17.0. The summed E-state index contributed by atoms with van der Waals surface area (Å²) in [7, 11) is 0. The molecule has 6 rings (SSSR count). The highest BCUT2D eigenvalue weighted by atomic mass is 32.2. The van der Waals surface area contributed by atoms with Gasteiger partial charge < -0.3 is 14.5 Å². The number of nitrogens with zero attached hydrogens (tertiary/aromatic N) is 2. The number of pyridine rings is 1. The number of thioether (sulfide) groups is 1. The molecule has 2 atom stereocenters. The molecule has 1 fully saturated rings. The van der Waals surface area contributed by atoms with Gasteiger partial charge in [0, 0.05) is 41.3 Å². The maximum atomic E-state index is 13.3. The van der Waals surface area contributed by atoms with Crippen LogP contribution < -0.4 is 10.6 Å². The fourth-order valence-corrected chi connectivity index (χ4v) is 6.55. The number of rotatable bonds is 12. The monoisotopic (exact) mass is 626 g/mol. The number of carbonyl (C=O) groups is 5. The molecule has 4 aromatic rings. The molecule has 2 aliphatic rings. The van der Waals surface area contributed by atoms with Crippen LogP contribution in [0.2, 0.25) is 0 Å². The van der Waals surface area contributed by atoms with Crippen LogP contribution in [0.4, 0.5) is 0 Å². The fourth-order valence-electron chi connectivity index (χ4n) is 5.47. The van der Waals surface area contributed by atoms with Gasteiger partial charge in [-0.2, -0.15) is 0 Å². The Kier molecular flexibility index (Phi) is 9.03. The fraction of sp³-hybridized carbons (Fsp3) is 0.273. The number of imide groups is 2. The van der Waals surface area contributed by atoms with E-state index in [1.165, 1.54) is 11.8 Å². The lowest BCUT2D eigenvalue weighted by Crippen LogP contribution is -2.54. The number of unbranched alkanes of at least 4 members (excludes halogenated alkanes) is 1. The summed E-state index contributed by atoms with van der Waals surface area (Å²) < 4.78 is 11.7. The third-order valence-electron chi connectivity index (χ3n) is 7.66. The highest BCUT2D eigenvalue weighted by molar-refractivity contribution is 7.99. The SMILES string of the molecule is O=C1CCC(N2C(=O)c3cccc(SCCCCOCC(=O)NC(c4cccnc4)c4cc5ccccc5o4)c3C2=O)C(=O)N1. The highest BCUT2D eigenvalue weighted by Crippen LogP contribution is 2.35. The van der Waals surface area contributed by atoms with E-state index in [2.05, 4.69) is 15.6 Å². The number of para-hydroxylation sites is 1. The molecule has 12 heteroatoms. The van der Waals surface area contributed by atoms with Crippen LogP contribution in [0.5, 0.6) is 0 Å². The van der Waals surface area contributed by atoms with Gasteiger partial charge in [-0.05, 0) is 55.3 Å². The molecule has 0 bridgehead atoms. The first-order valence-electron chi connectivity index (χ1n) is 14.6. The van der Waals surface area contributed by atoms with Crippen LogP contribution in [0.25, 0.3) is 11.0 Å². The molecule has 230 valence electrons. The molecule has 4 heterocycles. The van der Waals surface area contributed by atoms with E-state index in [4.69, 9.17) is 9.15 Å². The summed E-state index contributed by atoms with van der Waals surface area (Å²) in [6, 6.07) is 16.8. The van der Waals surface area contributed by atoms with E-state index >= 15 is 0 Å². The number of amides is 5. The van der Waals surface area contributed by atoms with Crippen molar-refractivity contribution in [3.8, 4) is 0 Å². The molecular formula is C33H30N4O7S. The van der Waals surface area contributed by atoms with Crippen LogP contribution in [0.15, 0.2) is 82.4 Å². The van der Waals surface area contributed by atoms with Gasteiger partial charge in [-0.3, -0.25) is 39.2 Å². The number of nitrogens with one attached hydrogen (secondary N) is 2. The van der Waals surface area contributed by atoms with Crippen molar-refractivity contribution in [3.63, 3.8) is 0 Å². The second kappa shape index (κ2) is 13.4. The molecule has 1 saturated heterocycles. The van der Waals surface area contributed by atoms with Gasteiger partial charge in [0.15, 0.2) is 0 Å². The van der Waals surface area contributed by atoms with Crippen LogP contribution in [0.3, 0.4) is 0 Å². The number of carbonyl (C=O) groups excluding carboxylic acids is 5. The zero-order chi connectivity index (χ0) is 31.3. The molecule has 0 radical (unpaired) electrons. The predicted molar refractivity (Wildman–Crippen MR) is 164 cm³/mol. The Labute approximate surface area is 262 Å². The van der Waals surface area contributed by atoms with Crippen LogP contribution in [0, 0.1) is 0 Å². The second-order valence-electron chi connectivity index (χ2n) is 10.7. The van der Waals surface area contributed by atoms with Crippen LogP contribution in [-0.4, -0.2) is 64.4 Å². The van der Waals surface area contributed by atoms with Crippen molar-refractivity contribution in [1.29, 1.82) is 0 Å². The molecule has 11 nitrogen and oxygen atoms in total. The lowest BCUT2D eigenvalue weighted by atomic mass is 10.0. The van der Waals surface area contributed by atoms with Gasteiger partial charge in [0.2, 0.25) is 17.7 Å². The molecule has 5 amide bonds. The maximum Gasteiger partial charge on any atom is 0.263 e. The van der Waals surface area contributed by atoms with Gasteiger partial charge in [0.1, 0.15) is 30.0 Å². The van der Waals surface area contributed by atoms with E-state index in [1.54, 1.807) is 36.7 Å². The number of hydrogen-bond donors (Lipinski definition) is 2. The van der Waals surface area contributed by atoms with Gasteiger partial charge in [-0.1, -0.05) is 30.3 Å². The average molecular weight is 627 g/mol. The Morgan fingerprint density at radius 2 is 1.93 bits per heavy atom. The molecule has 0 saturated carbocycles. The van der Waals surface area contributed by atoms with Crippen LogP contribution >= 0.6 is 11.8 Å². The number of ether oxygens (including phenoxy) is 1. The Balaban J connectivity index is 0.978. The van der Waals surface area contributed by atoms with Crippen molar-refractivity contribution in [1.82, 2.24) is 20.5 Å². The Morgan fingerprint density at radius 1 is 1.07 bits per heavy atom. The molecular weight excluding hydrogens is 596 g/mol. The number of furan rings is 1. The van der Waals surface area contributed by atoms with E-state index in [0.29, 0.717) is 29.4 Å². The Bertz CT molecular complexity index is 1740. The van der Waals surface area contributed by atoms with Crippen molar-refractivity contribution in [3.05, 3.63) is 95.5 Å². The summed E-state index contributed by atoms with van der Waals surface area (Å²) in [5.74, 6) is -1.12. The van der Waals surface area contributed by atoms with E-state index in [1.807, 2.05) is 36.4 Å². The van der Waals surface area contributed by atoms with Crippen molar-refractivity contribution in [2.75, 3.05) is 19.0 Å². The smallest absolute Gasteiger partial charge is 0.263 e. The topological polar surface area (TPSA) is 148 Å². The number of piperidine rings is 1. The molecule has 2 aromatic carbocycles. The number of hydrogen-bond acceptors (Lipinski definition) is 9. The minimum Gasteiger partial charge on any atom is -0.459 e. The number of aromatic nitrogens is 1. The van der Waals surface area contributed by atoms with Crippen LogP contribution in [0.1, 0.15) is 63.8 Å². The van der Waals surface area contributed by atoms with Gasteiger partial charge in [-0.15, -0.1) is 11.8 Å². The zero-order valence-electron chi connectivity index (χ0n) is 24.2. The Morgan fingerprint density at radius 3 is 2.73 bits per heavy atom. The summed E-state index contributed by atoms with van der Waals surface area (Å²) in [5, 5.41) is 6.14. The van der Waals surface area contributed by atoms with Crippen molar-refractivity contribution in [2.24, 2.45) is 0 Å². The standard InChI is InChI=1S/C33H30N4O7S/c38-27-13-12-23(31(40)36-27)37-32(41)22-9-5-11-26(29(22)33(37)42)45-16-4-3-15-43-19-28(39)35-30(21-8-6-14-34-18-21)25-17-20-7-1-2-10-24(20)44-25/h1-2,5-11,14,17-18,23,30H,3-4,12-13,15-16,19H2,(H,35,39)(H,36,38,40). The van der Waals surface area contributed by atoms with Crippen molar-refractivity contribution >= 4 is 52.3 Å². The first kappa shape index (κ1) is 30.2. The molecule has 0 spiro atoms. The Hall–Kier alpha value is -4.81. The van der Waals surface area contributed by atoms with Gasteiger partial charge in [0.05, 0.1) is 11.1 Å². The molecule has 0 aliphatic carbocycles. The third kappa shape index (κ3) is 6.52. The second-order valence-corrected chi connectivity index (χ2v) is 11.8. The first-order chi connectivity index (χ1) is 21.9. The molecule has 45 heavy (non-hydrogen) atoms.